The second kappa shape index (κ2) is 5.79. The van der Waals surface area contributed by atoms with Gasteiger partial charge in [0.15, 0.2) is 0 Å². The van der Waals surface area contributed by atoms with Gasteiger partial charge >= 0.3 is 0 Å². The van der Waals surface area contributed by atoms with Gasteiger partial charge in [-0.05, 0) is 36.8 Å². The van der Waals surface area contributed by atoms with Crippen LogP contribution >= 0.6 is 23.2 Å². The smallest absolute Gasteiger partial charge is 0.0595 e. The first-order chi connectivity index (χ1) is 8.56. The van der Waals surface area contributed by atoms with Crippen LogP contribution in [0.15, 0.2) is 36.5 Å². The first-order valence-corrected chi connectivity index (χ1v) is 6.65. The van der Waals surface area contributed by atoms with Crippen molar-refractivity contribution in [2.24, 2.45) is 5.73 Å². The number of hydrogen-bond acceptors (Lipinski definition) is 1. The van der Waals surface area contributed by atoms with E-state index in [0.717, 1.165) is 18.5 Å². The third kappa shape index (κ3) is 3.29. The van der Waals surface area contributed by atoms with Gasteiger partial charge in [0.05, 0.1) is 10.0 Å². The number of halogens is 2. The number of rotatable bonds is 4. The molecule has 0 saturated carbocycles. The molecule has 1 aromatic heterocycles. The van der Waals surface area contributed by atoms with Gasteiger partial charge in [-0.25, -0.2) is 0 Å². The lowest BCUT2D eigenvalue weighted by Crippen LogP contribution is -2.20. The van der Waals surface area contributed by atoms with Crippen molar-refractivity contribution in [3.05, 3.63) is 57.8 Å². The third-order valence-electron chi connectivity index (χ3n) is 2.79. The van der Waals surface area contributed by atoms with E-state index < -0.39 is 0 Å². The Labute approximate surface area is 117 Å². The van der Waals surface area contributed by atoms with Crippen molar-refractivity contribution < 1.29 is 0 Å². The second-order valence-electron chi connectivity index (χ2n) is 4.56. The van der Waals surface area contributed by atoms with Gasteiger partial charge in [0.1, 0.15) is 0 Å². The molecule has 2 aromatic rings. The summed E-state index contributed by atoms with van der Waals surface area (Å²) >= 11 is 11.9. The van der Waals surface area contributed by atoms with Crippen LogP contribution in [0.4, 0.5) is 0 Å². The molecule has 0 amide bonds. The Hall–Kier alpha value is -0.960. The predicted molar refractivity (Wildman–Crippen MR) is 77.3 cm³/mol. The summed E-state index contributed by atoms with van der Waals surface area (Å²) in [7, 11) is 0. The fourth-order valence-electron chi connectivity index (χ4n) is 1.95. The maximum Gasteiger partial charge on any atom is 0.0595 e. The summed E-state index contributed by atoms with van der Waals surface area (Å²) in [5.74, 6) is 0. The lowest BCUT2D eigenvalue weighted by Gasteiger charge is -2.11. The quantitative estimate of drug-likeness (QED) is 0.910. The normalized spacial score (nSPS) is 12.7. The van der Waals surface area contributed by atoms with Crippen LogP contribution < -0.4 is 5.73 Å². The lowest BCUT2D eigenvalue weighted by atomic mass is 10.2. The zero-order chi connectivity index (χ0) is 13.1. The maximum atomic E-state index is 6.02. The van der Waals surface area contributed by atoms with E-state index in [0.29, 0.717) is 10.0 Å². The predicted octanol–water partition coefficient (Wildman–Crippen LogP) is 3.73. The van der Waals surface area contributed by atoms with Gasteiger partial charge in [0, 0.05) is 30.9 Å². The topological polar surface area (TPSA) is 30.9 Å². The Kier molecular flexibility index (Phi) is 4.33. The van der Waals surface area contributed by atoms with Crippen LogP contribution in [0.1, 0.15) is 18.2 Å². The highest BCUT2D eigenvalue weighted by Gasteiger charge is 2.05. The highest BCUT2D eigenvalue weighted by Crippen LogP contribution is 2.23. The molecule has 0 radical (unpaired) electrons. The lowest BCUT2D eigenvalue weighted by molar-refractivity contribution is 0.666. The Balaban J connectivity index is 2.18. The van der Waals surface area contributed by atoms with Crippen LogP contribution in [-0.2, 0) is 13.0 Å². The molecule has 18 heavy (non-hydrogen) atoms. The van der Waals surface area contributed by atoms with E-state index in [-0.39, 0.29) is 6.04 Å². The zero-order valence-corrected chi connectivity index (χ0v) is 11.7. The highest BCUT2D eigenvalue weighted by atomic mass is 35.5. The van der Waals surface area contributed by atoms with E-state index in [1.54, 1.807) is 0 Å². The average molecular weight is 283 g/mol. The number of nitrogens with two attached hydrogens (primary N) is 1. The summed E-state index contributed by atoms with van der Waals surface area (Å²) in [4.78, 5) is 0. The molecule has 96 valence electrons. The van der Waals surface area contributed by atoms with Gasteiger partial charge < -0.3 is 10.3 Å². The summed E-state index contributed by atoms with van der Waals surface area (Å²) in [6, 6.07) is 10.0. The molecular formula is C14H16Cl2N2. The van der Waals surface area contributed by atoms with Crippen molar-refractivity contribution >= 4 is 23.2 Å². The van der Waals surface area contributed by atoms with Crippen molar-refractivity contribution in [1.29, 1.82) is 0 Å². The fourth-order valence-corrected chi connectivity index (χ4v) is 2.27. The molecule has 0 spiro atoms. The van der Waals surface area contributed by atoms with E-state index in [1.807, 2.05) is 31.2 Å². The van der Waals surface area contributed by atoms with E-state index in [9.17, 15) is 0 Å². The molecule has 0 aliphatic heterocycles. The Morgan fingerprint density at radius 3 is 2.67 bits per heavy atom. The molecular weight excluding hydrogens is 267 g/mol. The third-order valence-corrected chi connectivity index (χ3v) is 3.53. The van der Waals surface area contributed by atoms with Gasteiger partial charge in [-0.1, -0.05) is 29.3 Å². The Bertz CT molecular complexity index is 532. The van der Waals surface area contributed by atoms with Crippen molar-refractivity contribution in [2.45, 2.75) is 25.9 Å². The molecule has 0 aliphatic carbocycles. The minimum Gasteiger partial charge on any atom is -0.347 e. The van der Waals surface area contributed by atoms with Crippen LogP contribution in [0.2, 0.25) is 10.0 Å². The van der Waals surface area contributed by atoms with Crippen LogP contribution in [0.25, 0.3) is 0 Å². The number of hydrogen-bond donors (Lipinski definition) is 1. The summed E-state index contributed by atoms with van der Waals surface area (Å²) < 4.78 is 2.18. The number of aromatic nitrogens is 1. The van der Waals surface area contributed by atoms with Gasteiger partial charge in [0.2, 0.25) is 0 Å². The van der Waals surface area contributed by atoms with Crippen molar-refractivity contribution in [3.8, 4) is 0 Å². The van der Waals surface area contributed by atoms with Crippen LogP contribution in [0, 0.1) is 0 Å². The van der Waals surface area contributed by atoms with Crippen molar-refractivity contribution in [1.82, 2.24) is 4.57 Å². The minimum atomic E-state index is 0.160. The van der Waals surface area contributed by atoms with Crippen LogP contribution in [0.3, 0.4) is 0 Å². The molecule has 2 rings (SSSR count). The molecule has 0 bridgehead atoms. The summed E-state index contributed by atoms with van der Waals surface area (Å²) in [5, 5.41) is 1.18. The molecule has 2 N–H and O–H groups in total. The van der Waals surface area contributed by atoms with Crippen LogP contribution in [-0.4, -0.2) is 10.6 Å². The molecule has 1 aromatic carbocycles. The van der Waals surface area contributed by atoms with E-state index >= 15 is 0 Å². The SMILES string of the molecule is CC(N)Cc1cccn1Cc1ccc(Cl)c(Cl)c1. The number of nitrogens with zero attached hydrogens (tertiary/aromatic N) is 1. The second-order valence-corrected chi connectivity index (χ2v) is 5.37. The van der Waals surface area contributed by atoms with Gasteiger partial charge in [-0.3, -0.25) is 0 Å². The van der Waals surface area contributed by atoms with Gasteiger partial charge in [-0.2, -0.15) is 0 Å². The largest absolute Gasteiger partial charge is 0.347 e. The number of benzene rings is 1. The summed E-state index contributed by atoms with van der Waals surface area (Å²) in [6.07, 6.45) is 2.93. The Morgan fingerprint density at radius 1 is 1.22 bits per heavy atom. The minimum absolute atomic E-state index is 0.160. The van der Waals surface area contributed by atoms with Gasteiger partial charge in [-0.15, -0.1) is 0 Å². The first-order valence-electron chi connectivity index (χ1n) is 5.90. The fraction of sp³-hybridized carbons (Fsp3) is 0.286. The summed E-state index contributed by atoms with van der Waals surface area (Å²) in [5.41, 5.74) is 8.20. The van der Waals surface area contributed by atoms with E-state index in [4.69, 9.17) is 28.9 Å². The van der Waals surface area contributed by atoms with Crippen LogP contribution in [0.5, 0.6) is 0 Å². The molecule has 1 heterocycles. The Morgan fingerprint density at radius 2 is 2.00 bits per heavy atom. The van der Waals surface area contributed by atoms with E-state index in [2.05, 4.69) is 16.8 Å². The average Bonchev–Trinajstić information content (AvgIpc) is 2.70. The summed E-state index contributed by atoms with van der Waals surface area (Å²) in [6.45, 7) is 2.79. The molecule has 0 aliphatic rings. The molecule has 1 atom stereocenters. The molecule has 4 heteroatoms. The van der Waals surface area contributed by atoms with Crippen molar-refractivity contribution in [2.75, 3.05) is 0 Å². The maximum absolute atomic E-state index is 6.02. The molecule has 1 unspecified atom stereocenters. The molecule has 0 fully saturated rings. The monoisotopic (exact) mass is 282 g/mol. The van der Waals surface area contributed by atoms with Gasteiger partial charge in [0.25, 0.3) is 0 Å². The molecule has 2 nitrogen and oxygen atoms in total. The molecule has 0 saturated heterocycles. The zero-order valence-electron chi connectivity index (χ0n) is 10.2. The first kappa shape index (κ1) is 13.5. The standard InChI is InChI=1S/C14H16Cl2N2/c1-10(17)7-12-3-2-6-18(12)9-11-4-5-13(15)14(16)8-11/h2-6,8,10H,7,9,17H2,1H3. The van der Waals surface area contributed by atoms with E-state index in [1.165, 1.54) is 5.69 Å². The highest BCUT2D eigenvalue weighted by molar-refractivity contribution is 6.42. The van der Waals surface area contributed by atoms with Crippen molar-refractivity contribution in [3.63, 3.8) is 0 Å².